The second-order valence-corrected chi connectivity index (χ2v) is 9.15. The van der Waals surface area contributed by atoms with E-state index in [0.717, 1.165) is 64.1 Å². The van der Waals surface area contributed by atoms with Crippen molar-refractivity contribution in [3.63, 3.8) is 0 Å². The molecule has 36 heavy (non-hydrogen) atoms. The van der Waals surface area contributed by atoms with Crippen molar-refractivity contribution >= 4 is 28.8 Å². The number of hydrogen-bond acceptors (Lipinski definition) is 8. The van der Waals surface area contributed by atoms with Crippen LogP contribution in [0.5, 0.6) is 5.75 Å². The molecule has 1 aromatic carbocycles. The van der Waals surface area contributed by atoms with Crippen LogP contribution in [-0.4, -0.2) is 54.6 Å². The van der Waals surface area contributed by atoms with Gasteiger partial charge in [-0.2, -0.15) is 5.26 Å². The van der Waals surface area contributed by atoms with E-state index in [4.69, 9.17) is 4.74 Å². The number of likely N-dealkylation sites (N-methyl/N-ethyl adjacent to an activating group) is 1. The van der Waals surface area contributed by atoms with Crippen LogP contribution in [0.3, 0.4) is 0 Å². The zero-order chi connectivity index (χ0) is 25.3. The lowest BCUT2D eigenvalue weighted by atomic mass is 9.98. The monoisotopic (exact) mass is 489 g/mol. The maximum absolute atomic E-state index is 12.1. The number of carbonyl (C=O) groups is 1. The third kappa shape index (κ3) is 6.46. The Bertz CT molecular complexity index is 1100. The van der Waals surface area contributed by atoms with Crippen LogP contribution in [0.15, 0.2) is 43.1 Å². The van der Waals surface area contributed by atoms with Crippen molar-refractivity contribution in [1.29, 1.82) is 5.26 Å². The number of hydrazine groups is 1. The van der Waals surface area contributed by atoms with Crippen LogP contribution >= 0.6 is 0 Å². The van der Waals surface area contributed by atoms with Gasteiger partial charge in [-0.15, -0.1) is 0 Å². The summed E-state index contributed by atoms with van der Waals surface area (Å²) in [6.45, 7) is 10.7. The number of piperazine rings is 1. The van der Waals surface area contributed by atoms with Crippen LogP contribution in [0.25, 0.3) is 0 Å². The average molecular weight is 490 g/mol. The molecule has 3 N–H and O–H groups in total. The molecule has 2 aromatic rings. The molecule has 1 saturated carbocycles. The molecule has 1 aliphatic heterocycles. The molecule has 9 heteroatoms. The zero-order valence-electron chi connectivity index (χ0n) is 20.9. The summed E-state index contributed by atoms with van der Waals surface area (Å²) in [5.74, 6) is 0.761. The maximum atomic E-state index is 12.1. The molecule has 1 amide bonds. The number of pyridine rings is 1. The van der Waals surface area contributed by atoms with E-state index < -0.39 is 0 Å². The van der Waals surface area contributed by atoms with E-state index in [1.54, 1.807) is 6.07 Å². The van der Waals surface area contributed by atoms with Crippen molar-refractivity contribution in [2.45, 2.75) is 45.1 Å². The highest BCUT2D eigenvalue weighted by atomic mass is 16.5. The number of amides is 1. The molecular weight excluding hydrogens is 454 g/mol. The molecule has 0 radical (unpaired) electrons. The number of benzene rings is 1. The van der Waals surface area contributed by atoms with E-state index >= 15 is 0 Å². The number of hydrogen-bond donors (Lipinski definition) is 3. The number of anilines is 4. The maximum Gasteiger partial charge on any atom is 0.247 e. The molecule has 0 spiro atoms. The number of nitriles is 1. The second kappa shape index (κ2) is 12.3. The Kier molecular flexibility index (Phi) is 8.63. The molecule has 1 aliphatic carbocycles. The minimum absolute atomic E-state index is 0.126. The first-order chi connectivity index (χ1) is 17.6. The van der Waals surface area contributed by atoms with Crippen LogP contribution in [0, 0.1) is 11.3 Å². The molecule has 0 bridgehead atoms. The third-order valence-corrected chi connectivity index (χ3v) is 6.79. The first-order valence-corrected chi connectivity index (χ1v) is 12.7. The molecule has 1 aromatic heterocycles. The molecule has 4 rings (SSSR count). The summed E-state index contributed by atoms with van der Waals surface area (Å²) in [5.41, 5.74) is 9.02. The molecule has 0 unspecified atom stereocenters. The Morgan fingerprint density at radius 2 is 1.94 bits per heavy atom. The summed E-state index contributed by atoms with van der Waals surface area (Å²) in [7, 11) is 0. The molecular formula is C27H35N7O2. The van der Waals surface area contributed by atoms with E-state index in [2.05, 4.69) is 50.5 Å². The number of nitrogens with one attached hydrogen (secondary N) is 3. The summed E-state index contributed by atoms with van der Waals surface area (Å²) < 4.78 is 6.15. The Morgan fingerprint density at radius 3 is 2.64 bits per heavy atom. The molecule has 2 heterocycles. The van der Waals surface area contributed by atoms with E-state index in [1.165, 1.54) is 18.7 Å². The first kappa shape index (κ1) is 25.3. The molecule has 2 fully saturated rings. The van der Waals surface area contributed by atoms with Gasteiger partial charge in [0.1, 0.15) is 23.2 Å². The summed E-state index contributed by atoms with van der Waals surface area (Å²) >= 11 is 0. The van der Waals surface area contributed by atoms with E-state index in [1.807, 2.05) is 18.2 Å². The SMILES string of the molecule is C=CC(=O)Nc1cc(N2CCN(CC)CC2)ccc1NNc1cc(OC2CCCCC2)c(C#N)cn1. The highest BCUT2D eigenvalue weighted by Crippen LogP contribution is 2.30. The van der Waals surface area contributed by atoms with Gasteiger partial charge in [0.2, 0.25) is 5.91 Å². The lowest BCUT2D eigenvalue weighted by Gasteiger charge is -2.35. The summed E-state index contributed by atoms with van der Waals surface area (Å²) in [6.07, 6.45) is 8.42. The van der Waals surface area contributed by atoms with Crippen molar-refractivity contribution in [3.8, 4) is 11.8 Å². The van der Waals surface area contributed by atoms with Crippen molar-refractivity contribution < 1.29 is 9.53 Å². The average Bonchev–Trinajstić information content (AvgIpc) is 2.93. The molecule has 0 atom stereocenters. The largest absolute Gasteiger partial charge is 0.489 e. The van der Waals surface area contributed by atoms with Crippen molar-refractivity contribution in [2.24, 2.45) is 0 Å². The predicted molar refractivity (Wildman–Crippen MR) is 143 cm³/mol. The lowest BCUT2D eigenvalue weighted by Crippen LogP contribution is -2.46. The van der Waals surface area contributed by atoms with Crippen molar-refractivity contribution in [1.82, 2.24) is 9.88 Å². The van der Waals surface area contributed by atoms with Crippen molar-refractivity contribution in [3.05, 3.63) is 48.7 Å². The smallest absolute Gasteiger partial charge is 0.247 e. The first-order valence-electron chi connectivity index (χ1n) is 12.7. The van der Waals surface area contributed by atoms with Gasteiger partial charge < -0.3 is 19.9 Å². The summed E-state index contributed by atoms with van der Waals surface area (Å²) in [5, 5.41) is 12.4. The Hall–Kier alpha value is -3.77. The number of nitrogens with zero attached hydrogens (tertiary/aromatic N) is 4. The summed E-state index contributed by atoms with van der Waals surface area (Å²) in [6, 6.07) is 9.84. The number of rotatable bonds is 9. The predicted octanol–water partition coefficient (Wildman–Crippen LogP) is 4.37. The zero-order valence-corrected chi connectivity index (χ0v) is 20.9. The summed E-state index contributed by atoms with van der Waals surface area (Å²) in [4.78, 5) is 21.2. The Balaban J connectivity index is 1.48. The Morgan fingerprint density at radius 1 is 1.17 bits per heavy atom. The van der Waals surface area contributed by atoms with Gasteiger partial charge in [0.05, 0.1) is 23.7 Å². The second-order valence-electron chi connectivity index (χ2n) is 9.15. The molecule has 9 nitrogen and oxygen atoms in total. The fraction of sp³-hybridized carbons (Fsp3) is 0.444. The van der Waals surface area contributed by atoms with E-state index in [9.17, 15) is 10.1 Å². The van der Waals surface area contributed by atoms with Gasteiger partial charge in [0, 0.05) is 37.9 Å². The van der Waals surface area contributed by atoms with Crippen LogP contribution < -0.4 is 25.8 Å². The fourth-order valence-corrected chi connectivity index (χ4v) is 4.63. The van der Waals surface area contributed by atoms with Gasteiger partial charge >= 0.3 is 0 Å². The van der Waals surface area contributed by atoms with Gasteiger partial charge in [-0.25, -0.2) is 4.98 Å². The van der Waals surface area contributed by atoms with Crippen LogP contribution in [0.1, 0.15) is 44.6 Å². The van der Waals surface area contributed by atoms with Gasteiger partial charge in [0.25, 0.3) is 0 Å². The minimum atomic E-state index is -0.286. The van der Waals surface area contributed by atoms with Crippen LogP contribution in [0.4, 0.5) is 22.9 Å². The van der Waals surface area contributed by atoms with Gasteiger partial charge in [-0.05, 0) is 56.5 Å². The van der Waals surface area contributed by atoms with Gasteiger partial charge in [-0.3, -0.25) is 15.6 Å². The standard InChI is InChI=1S/C27H35N7O2/c1-3-27(35)30-24-16-21(34-14-12-33(4-2)13-15-34)10-11-23(24)31-32-26-17-25(20(18-28)19-29-26)36-22-8-6-5-7-9-22/h3,10-11,16-17,19,22,31H,1,4-9,12-15H2,2H3,(H,29,32)(H,30,35). The molecule has 2 aliphatic rings. The quantitative estimate of drug-likeness (QED) is 0.352. The topological polar surface area (TPSA) is 106 Å². The molecule has 1 saturated heterocycles. The number of carbonyl (C=O) groups excluding carboxylic acids is 1. The van der Waals surface area contributed by atoms with E-state index in [0.29, 0.717) is 28.5 Å². The normalized spacial score (nSPS) is 16.6. The molecule has 190 valence electrons. The van der Waals surface area contributed by atoms with Crippen LogP contribution in [-0.2, 0) is 4.79 Å². The van der Waals surface area contributed by atoms with Gasteiger partial charge in [0.15, 0.2) is 0 Å². The highest BCUT2D eigenvalue weighted by molar-refractivity contribution is 6.01. The third-order valence-electron chi connectivity index (χ3n) is 6.79. The fourth-order valence-electron chi connectivity index (χ4n) is 4.63. The number of aromatic nitrogens is 1. The Labute approximate surface area is 213 Å². The van der Waals surface area contributed by atoms with E-state index in [-0.39, 0.29) is 12.0 Å². The van der Waals surface area contributed by atoms with Crippen molar-refractivity contribution in [2.75, 3.05) is 53.8 Å². The minimum Gasteiger partial charge on any atom is -0.489 e. The lowest BCUT2D eigenvalue weighted by molar-refractivity contribution is -0.111. The van der Waals surface area contributed by atoms with Crippen LogP contribution in [0.2, 0.25) is 0 Å². The number of ether oxygens (including phenoxy) is 1. The highest BCUT2D eigenvalue weighted by Gasteiger charge is 2.19. The van der Waals surface area contributed by atoms with Gasteiger partial charge in [-0.1, -0.05) is 19.9 Å².